The van der Waals surface area contributed by atoms with Gasteiger partial charge in [0.1, 0.15) is 17.1 Å². The summed E-state index contributed by atoms with van der Waals surface area (Å²) in [6, 6.07) is 5.69. The number of fused-ring (bicyclic) bond motifs is 3. The third-order valence-corrected chi connectivity index (χ3v) is 4.57. The lowest BCUT2D eigenvalue weighted by atomic mass is 9.96. The van der Waals surface area contributed by atoms with E-state index in [1.165, 1.54) is 18.4 Å². The third kappa shape index (κ3) is 4.36. The van der Waals surface area contributed by atoms with Gasteiger partial charge < -0.3 is 19.8 Å². The molecule has 0 unspecified atom stereocenters. The maximum absolute atomic E-state index is 11.9. The van der Waals surface area contributed by atoms with Gasteiger partial charge in [0.05, 0.1) is 0 Å². The zero-order valence-corrected chi connectivity index (χ0v) is 15.4. The third-order valence-electron chi connectivity index (χ3n) is 4.57. The van der Waals surface area contributed by atoms with E-state index in [0.29, 0.717) is 18.8 Å². The van der Waals surface area contributed by atoms with Gasteiger partial charge in [-0.05, 0) is 37.5 Å². The fourth-order valence-corrected chi connectivity index (χ4v) is 3.12. The number of rotatable bonds is 7. The molecule has 2 amide bonds. The summed E-state index contributed by atoms with van der Waals surface area (Å²) in [5, 5.41) is 6.58. The van der Waals surface area contributed by atoms with Crippen LogP contribution in [0.15, 0.2) is 22.6 Å². The lowest BCUT2D eigenvalue weighted by molar-refractivity contribution is -0.125. The second-order valence-electron chi connectivity index (χ2n) is 6.95. The molecule has 0 bridgehead atoms. The van der Waals surface area contributed by atoms with Crippen molar-refractivity contribution < 1.29 is 18.7 Å². The van der Waals surface area contributed by atoms with E-state index in [2.05, 4.69) is 10.6 Å². The van der Waals surface area contributed by atoms with Crippen LogP contribution in [0, 0.1) is 5.92 Å². The number of ether oxygens (including phenoxy) is 1. The van der Waals surface area contributed by atoms with Crippen LogP contribution >= 0.6 is 0 Å². The molecule has 0 saturated carbocycles. The molecule has 6 heteroatoms. The van der Waals surface area contributed by atoms with Crippen LogP contribution in [0.3, 0.4) is 0 Å². The first kappa shape index (κ1) is 18.3. The second-order valence-corrected chi connectivity index (χ2v) is 6.95. The van der Waals surface area contributed by atoms with Crippen molar-refractivity contribution in [1.82, 2.24) is 10.6 Å². The summed E-state index contributed by atoms with van der Waals surface area (Å²) in [7, 11) is 0. The van der Waals surface area contributed by atoms with E-state index in [4.69, 9.17) is 9.15 Å². The quantitative estimate of drug-likeness (QED) is 0.746. The Balaban J connectivity index is 1.48. The van der Waals surface area contributed by atoms with Gasteiger partial charge in [-0.2, -0.15) is 0 Å². The van der Waals surface area contributed by atoms with E-state index >= 15 is 0 Å². The van der Waals surface area contributed by atoms with Gasteiger partial charge in [0.15, 0.2) is 6.61 Å². The highest BCUT2D eigenvalue weighted by atomic mass is 16.5. The lowest BCUT2D eigenvalue weighted by Gasteiger charge is -2.10. The predicted octanol–water partition coefficient (Wildman–Crippen LogP) is 2.58. The molecule has 0 saturated heterocycles. The van der Waals surface area contributed by atoms with Crippen LogP contribution in [0.5, 0.6) is 5.75 Å². The van der Waals surface area contributed by atoms with Crippen LogP contribution in [-0.2, 0) is 22.4 Å². The van der Waals surface area contributed by atoms with E-state index in [9.17, 15) is 9.59 Å². The Bertz CT molecular complexity index is 794. The molecule has 0 radical (unpaired) electrons. The van der Waals surface area contributed by atoms with Crippen LogP contribution in [-0.4, -0.2) is 31.5 Å². The summed E-state index contributed by atoms with van der Waals surface area (Å²) in [6.07, 6.45) is 4.39. The minimum absolute atomic E-state index is 0.0211. The highest BCUT2D eigenvalue weighted by molar-refractivity contribution is 5.84. The van der Waals surface area contributed by atoms with Crippen LogP contribution in [0.2, 0.25) is 0 Å². The maximum atomic E-state index is 11.9. The van der Waals surface area contributed by atoms with E-state index in [1.54, 1.807) is 0 Å². The average Bonchev–Trinajstić information content (AvgIpc) is 3.01. The molecule has 1 aromatic heterocycles. The maximum Gasteiger partial charge on any atom is 0.258 e. The van der Waals surface area contributed by atoms with Crippen molar-refractivity contribution in [3.8, 4) is 5.75 Å². The van der Waals surface area contributed by atoms with Gasteiger partial charge in [-0.3, -0.25) is 9.59 Å². The number of amides is 2. The molecule has 3 rings (SSSR count). The van der Waals surface area contributed by atoms with Crippen LogP contribution in [0.4, 0.5) is 0 Å². The summed E-state index contributed by atoms with van der Waals surface area (Å²) in [5.41, 5.74) is 2.16. The zero-order valence-electron chi connectivity index (χ0n) is 15.4. The molecule has 1 aromatic carbocycles. The van der Waals surface area contributed by atoms with Crippen LogP contribution in [0.1, 0.15) is 38.0 Å². The van der Waals surface area contributed by atoms with Gasteiger partial charge in [-0.1, -0.05) is 13.8 Å². The molecule has 2 aromatic rings. The van der Waals surface area contributed by atoms with Gasteiger partial charge >= 0.3 is 0 Å². The lowest BCUT2D eigenvalue weighted by Crippen LogP contribution is -2.38. The Morgan fingerprint density at radius 1 is 1.15 bits per heavy atom. The molecule has 26 heavy (non-hydrogen) atoms. The smallest absolute Gasteiger partial charge is 0.258 e. The van der Waals surface area contributed by atoms with E-state index in [-0.39, 0.29) is 24.3 Å². The summed E-state index contributed by atoms with van der Waals surface area (Å²) in [5.74, 6) is 1.46. The topological polar surface area (TPSA) is 80.6 Å². The molecule has 140 valence electrons. The Hall–Kier alpha value is -2.50. The van der Waals surface area contributed by atoms with Crippen molar-refractivity contribution in [1.29, 1.82) is 0 Å². The highest BCUT2D eigenvalue weighted by Gasteiger charge is 2.18. The Labute approximate surface area is 153 Å². The van der Waals surface area contributed by atoms with Gasteiger partial charge in [0, 0.05) is 36.4 Å². The number of furan rings is 1. The van der Waals surface area contributed by atoms with E-state index in [0.717, 1.165) is 29.6 Å². The zero-order chi connectivity index (χ0) is 18.5. The highest BCUT2D eigenvalue weighted by Crippen LogP contribution is 2.33. The summed E-state index contributed by atoms with van der Waals surface area (Å²) < 4.78 is 11.5. The number of aryl methyl sites for hydroxylation is 2. The number of carbonyl (C=O) groups is 2. The van der Waals surface area contributed by atoms with Crippen molar-refractivity contribution in [2.24, 2.45) is 5.92 Å². The minimum Gasteiger partial charge on any atom is -0.484 e. The first-order valence-corrected chi connectivity index (χ1v) is 9.26. The number of carbonyl (C=O) groups excluding carboxylic acids is 2. The van der Waals surface area contributed by atoms with Crippen molar-refractivity contribution in [3.05, 3.63) is 29.5 Å². The molecule has 1 heterocycles. The number of hydrogen-bond donors (Lipinski definition) is 2. The first-order chi connectivity index (χ1) is 12.5. The summed E-state index contributed by atoms with van der Waals surface area (Å²) in [4.78, 5) is 23.3. The standard InChI is InChI=1S/C20H26N2O4/c1-13(2)20(24)22-10-9-21-19(23)12-25-14-7-8-18-16(11-14)15-5-3-4-6-17(15)26-18/h7-8,11,13H,3-6,9-10,12H2,1-2H3,(H,21,23)(H,22,24). The average molecular weight is 358 g/mol. The van der Waals surface area contributed by atoms with Crippen molar-refractivity contribution in [2.45, 2.75) is 39.5 Å². The minimum atomic E-state index is -0.210. The number of benzene rings is 1. The molecular formula is C20H26N2O4. The Morgan fingerprint density at radius 3 is 2.73 bits per heavy atom. The SMILES string of the molecule is CC(C)C(=O)NCCNC(=O)COc1ccc2oc3c(c2c1)CCCC3. The summed E-state index contributed by atoms with van der Waals surface area (Å²) in [6.45, 7) is 4.40. The molecule has 0 aliphatic heterocycles. The van der Waals surface area contributed by atoms with Crippen molar-refractivity contribution in [3.63, 3.8) is 0 Å². The van der Waals surface area contributed by atoms with E-state index in [1.807, 2.05) is 32.0 Å². The monoisotopic (exact) mass is 358 g/mol. The van der Waals surface area contributed by atoms with E-state index < -0.39 is 0 Å². The van der Waals surface area contributed by atoms with Gasteiger partial charge in [-0.25, -0.2) is 0 Å². The van der Waals surface area contributed by atoms with Crippen LogP contribution in [0.25, 0.3) is 11.0 Å². The van der Waals surface area contributed by atoms with Crippen molar-refractivity contribution in [2.75, 3.05) is 19.7 Å². The Kier molecular flexibility index (Phi) is 5.81. The fraction of sp³-hybridized carbons (Fsp3) is 0.500. The second kappa shape index (κ2) is 8.25. The summed E-state index contributed by atoms with van der Waals surface area (Å²) >= 11 is 0. The first-order valence-electron chi connectivity index (χ1n) is 9.26. The number of hydrogen-bond acceptors (Lipinski definition) is 4. The normalized spacial score (nSPS) is 13.5. The molecular weight excluding hydrogens is 332 g/mol. The van der Waals surface area contributed by atoms with Gasteiger partial charge in [0.2, 0.25) is 5.91 Å². The molecule has 1 aliphatic rings. The van der Waals surface area contributed by atoms with Gasteiger partial charge in [-0.15, -0.1) is 0 Å². The predicted molar refractivity (Wildman–Crippen MR) is 99.2 cm³/mol. The largest absolute Gasteiger partial charge is 0.484 e. The molecule has 2 N–H and O–H groups in total. The molecule has 1 aliphatic carbocycles. The fourth-order valence-electron chi connectivity index (χ4n) is 3.12. The Morgan fingerprint density at radius 2 is 1.92 bits per heavy atom. The van der Waals surface area contributed by atoms with Crippen molar-refractivity contribution >= 4 is 22.8 Å². The molecule has 0 atom stereocenters. The molecule has 6 nitrogen and oxygen atoms in total. The van der Waals surface area contributed by atoms with Crippen LogP contribution < -0.4 is 15.4 Å². The molecule has 0 spiro atoms. The van der Waals surface area contributed by atoms with Gasteiger partial charge in [0.25, 0.3) is 5.91 Å². The molecule has 0 fully saturated rings. The number of nitrogens with one attached hydrogen (secondary N) is 2.